The number of rotatable bonds is 5. The maximum atomic E-state index is 8.90. The highest BCUT2D eigenvalue weighted by Crippen LogP contribution is 2.18. The normalized spacial score (nSPS) is 9.67. The van der Waals surface area contributed by atoms with Crippen molar-refractivity contribution < 1.29 is 4.74 Å². The lowest BCUT2D eigenvalue weighted by molar-refractivity contribution is 0.413. The summed E-state index contributed by atoms with van der Waals surface area (Å²) in [7, 11) is 1.58. The van der Waals surface area contributed by atoms with E-state index < -0.39 is 0 Å². The van der Waals surface area contributed by atoms with Crippen LogP contribution in [0.5, 0.6) is 5.75 Å². The van der Waals surface area contributed by atoms with Gasteiger partial charge in [-0.3, -0.25) is 0 Å². The Morgan fingerprint density at radius 1 is 1.47 bits per heavy atom. The lowest BCUT2D eigenvalue weighted by Crippen LogP contribution is -2.16. The maximum Gasteiger partial charge on any atom is 0.136 e. The van der Waals surface area contributed by atoms with Gasteiger partial charge < -0.3 is 10.1 Å². The largest absolute Gasteiger partial charge is 0.495 e. The van der Waals surface area contributed by atoms with Gasteiger partial charge in [0.05, 0.1) is 12.7 Å². The molecule has 0 bridgehead atoms. The Balaban J connectivity index is 2.71. The quantitative estimate of drug-likeness (QED) is 0.743. The van der Waals surface area contributed by atoms with Crippen molar-refractivity contribution in [2.45, 2.75) is 13.3 Å². The van der Waals surface area contributed by atoms with Gasteiger partial charge in [0, 0.05) is 0 Å². The highest BCUT2D eigenvalue weighted by Gasteiger charge is 2.02. The van der Waals surface area contributed by atoms with E-state index in [1.165, 1.54) is 0 Å². The van der Waals surface area contributed by atoms with Crippen molar-refractivity contribution in [2.75, 3.05) is 20.2 Å². The smallest absolute Gasteiger partial charge is 0.136 e. The average molecular weight is 204 g/mol. The SMILES string of the molecule is CCNCCc1ccc(OC)c(C#N)c1. The Hall–Kier alpha value is -1.53. The van der Waals surface area contributed by atoms with Gasteiger partial charge in [0.25, 0.3) is 0 Å². The van der Waals surface area contributed by atoms with E-state index in [1.54, 1.807) is 7.11 Å². The van der Waals surface area contributed by atoms with Crippen LogP contribution in [0.25, 0.3) is 0 Å². The van der Waals surface area contributed by atoms with Gasteiger partial charge in [-0.15, -0.1) is 0 Å². The third-order valence-corrected chi connectivity index (χ3v) is 2.22. The number of methoxy groups -OCH3 is 1. The van der Waals surface area contributed by atoms with Gasteiger partial charge in [0.1, 0.15) is 11.8 Å². The highest BCUT2D eigenvalue weighted by atomic mass is 16.5. The van der Waals surface area contributed by atoms with Crippen molar-refractivity contribution in [3.05, 3.63) is 29.3 Å². The van der Waals surface area contributed by atoms with Crippen molar-refractivity contribution >= 4 is 0 Å². The van der Waals surface area contributed by atoms with Crippen LogP contribution in [0, 0.1) is 11.3 Å². The Kier molecular flexibility index (Phi) is 4.65. The molecule has 0 aliphatic heterocycles. The van der Waals surface area contributed by atoms with Crippen LogP contribution in [-0.2, 0) is 6.42 Å². The second-order valence-electron chi connectivity index (χ2n) is 3.25. The van der Waals surface area contributed by atoms with Crippen molar-refractivity contribution in [3.8, 4) is 11.8 Å². The second-order valence-corrected chi connectivity index (χ2v) is 3.25. The van der Waals surface area contributed by atoms with E-state index >= 15 is 0 Å². The summed E-state index contributed by atoms with van der Waals surface area (Å²) in [6.07, 6.45) is 0.937. The van der Waals surface area contributed by atoms with Gasteiger partial charge in [0.2, 0.25) is 0 Å². The molecule has 3 nitrogen and oxygen atoms in total. The predicted octanol–water partition coefficient (Wildman–Crippen LogP) is 1.72. The third kappa shape index (κ3) is 3.26. The summed E-state index contributed by atoms with van der Waals surface area (Å²) in [5.74, 6) is 0.643. The second kappa shape index (κ2) is 6.05. The molecule has 1 N–H and O–H groups in total. The lowest BCUT2D eigenvalue weighted by Gasteiger charge is -2.06. The fourth-order valence-corrected chi connectivity index (χ4v) is 1.41. The Bertz CT molecular complexity index is 355. The fourth-order valence-electron chi connectivity index (χ4n) is 1.41. The van der Waals surface area contributed by atoms with E-state index in [0.717, 1.165) is 25.1 Å². The molecular formula is C12H16N2O. The van der Waals surface area contributed by atoms with Crippen molar-refractivity contribution in [2.24, 2.45) is 0 Å². The first-order valence-corrected chi connectivity index (χ1v) is 5.09. The fraction of sp³-hybridized carbons (Fsp3) is 0.417. The molecule has 1 aromatic rings. The van der Waals surface area contributed by atoms with Crippen molar-refractivity contribution in [1.82, 2.24) is 5.32 Å². The molecule has 0 aromatic heterocycles. The molecule has 1 rings (SSSR count). The van der Waals surface area contributed by atoms with Gasteiger partial charge in [-0.05, 0) is 37.2 Å². The molecule has 80 valence electrons. The van der Waals surface area contributed by atoms with Gasteiger partial charge in [-0.2, -0.15) is 5.26 Å². The van der Waals surface area contributed by atoms with E-state index in [4.69, 9.17) is 10.00 Å². The van der Waals surface area contributed by atoms with E-state index in [0.29, 0.717) is 11.3 Å². The molecule has 0 heterocycles. The molecule has 3 heteroatoms. The van der Waals surface area contributed by atoms with Crippen LogP contribution in [0.2, 0.25) is 0 Å². The molecule has 0 saturated heterocycles. The van der Waals surface area contributed by atoms with E-state index in [1.807, 2.05) is 18.2 Å². The summed E-state index contributed by atoms with van der Waals surface area (Å²) in [5.41, 5.74) is 1.76. The summed E-state index contributed by atoms with van der Waals surface area (Å²) in [6, 6.07) is 7.86. The molecule has 0 saturated carbocycles. The maximum absolute atomic E-state index is 8.90. The van der Waals surface area contributed by atoms with E-state index in [9.17, 15) is 0 Å². The third-order valence-electron chi connectivity index (χ3n) is 2.22. The summed E-state index contributed by atoms with van der Waals surface area (Å²) in [4.78, 5) is 0. The van der Waals surface area contributed by atoms with E-state index in [-0.39, 0.29) is 0 Å². The zero-order valence-electron chi connectivity index (χ0n) is 9.21. The van der Waals surface area contributed by atoms with Gasteiger partial charge in [-0.25, -0.2) is 0 Å². The van der Waals surface area contributed by atoms with Crippen LogP contribution >= 0.6 is 0 Å². The van der Waals surface area contributed by atoms with Crippen LogP contribution in [0.15, 0.2) is 18.2 Å². The number of ether oxygens (including phenoxy) is 1. The number of nitrogens with one attached hydrogen (secondary N) is 1. The van der Waals surface area contributed by atoms with Crippen LogP contribution < -0.4 is 10.1 Å². The summed E-state index contributed by atoms with van der Waals surface area (Å²) in [5, 5.41) is 12.1. The summed E-state index contributed by atoms with van der Waals surface area (Å²) >= 11 is 0. The van der Waals surface area contributed by atoms with Crippen LogP contribution in [0.4, 0.5) is 0 Å². The first-order valence-electron chi connectivity index (χ1n) is 5.09. The number of nitrogens with zero attached hydrogens (tertiary/aromatic N) is 1. The minimum atomic E-state index is 0.603. The molecule has 0 aliphatic carbocycles. The Morgan fingerprint density at radius 3 is 2.87 bits per heavy atom. The van der Waals surface area contributed by atoms with E-state index in [2.05, 4.69) is 18.3 Å². The summed E-state index contributed by atoms with van der Waals surface area (Å²) in [6.45, 7) is 3.99. The zero-order valence-corrected chi connectivity index (χ0v) is 9.21. The molecule has 1 aromatic carbocycles. The van der Waals surface area contributed by atoms with Crippen molar-refractivity contribution in [3.63, 3.8) is 0 Å². The Morgan fingerprint density at radius 2 is 2.27 bits per heavy atom. The Labute approximate surface area is 90.7 Å². The molecule has 0 atom stereocenters. The number of nitriles is 1. The topological polar surface area (TPSA) is 45.0 Å². The first-order chi connectivity index (χ1) is 7.31. The number of hydrogen-bond donors (Lipinski definition) is 1. The average Bonchev–Trinajstić information content (AvgIpc) is 2.29. The standard InChI is InChI=1S/C12H16N2O/c1-3-14-7-6-10-4-5-12(15-2)11(8-10)9-13/h4-5,8,14H,3,6-7H2,1-2H3. The molecule has 0 fully saturated rings. The summed E-state index contributed by atoms with van der Waals surface area (Å²) < 4.78 is 5.08. The molecule has 0 amide bonds. The first kappa shape index (κ1) is 11.5. The van der Waals surface area contributed by atoms with Crippen LogP contribution in [0.1, 0.15) is 18.1 Å². The molecule has 0 spiro atoms. The van der Waals surface area contributed by atoms with Gasteiger partial charge in [-0.1, -0.05) is 13.0 Å². The highest BCUT2D eigenvalue weighted by molar-refractivity contribution is 5.45. The number of benzene rings is 1. The monoisotopic (exact) mass is 204 g/mol. The number of likely N-dealkylation sites (N-methyl/N-ethyl adjacent to an activating group) is 1. The minimum Gasteiger partial charge on any atom is -0.495 e. The molecule has 0 aliphatic rings. The van der Waals surface area contributed by atoms with Crippen LogP contribution in [0.3, 0.4) is 0 Å². The lowest BCUT2D eigenvalue weighted by atomic mass is 10.1. The molecule has 0 radical (unpaired) electrons. The van der Waals surface area contributed by atoms with Gasteiger partial charge >= 0.3 is 0 Å². The predicted molar refractivity (Wildman–Crippen MR) is 60.0 cm³/mol. The minimum absolute atomic E-state index is 0.603. The zero-order chi connectivity index (χ0) is 11.1. The molecule has 0 unspecified atom stereocenters. The van der Waals surface area contributed by atoms with Gasteiger partial charge in [0.15, 0.2) is 0 Å². The molecule has 15 heavy (non-hydrogen) atoms. The molecular weight excluding hydrogens is 188 g/mol. The van der Waals surface area contributed by atoms with Crippen molar-refractivity contribution in [1.29, 1.82) is 5.26 Å². The van der Waals surface area contributed by atoms with Crippen LogP contribution in [-0.4, -0.2) is 20.2 Å². The number of hydrogen-bond acceptors (Lipinski definition) is 3.